The van der Waals surface area contributed by atoms with Crippen molar-refractivity contribution in [1.82, 2.24) is 10.3 Å². The molecule has 0 saturated heterocycles. The lowest BCUT2D eigenvalue weighted by atomic mass is 9.98. The van der Waals surface area contributed by atoms with Crippen molar-refractivity contribution < 1.29 is 0 Å². The Morgan fingerprint density at radius 2 is 2.00 bits per heavy atom. The highest BCUT2D eigenvalue weighted by Crippen LogP contribution is 2.29. The summed E-state index contributed by atoms with van der Waals surface area (Å²) in [5.41, 5.74) is 5.05. The highest BCUT2D eigenvalue weighted by Gasteiger charge is 2.25. The van der Waals surface area contributed by atoms with Crippen LogP contribution in [0.5, 0.6) is 0 Å². The first-order valence-corrected chi connectivity index (χ1v) is 7.20. The van der Waals surface area contributed by atoms with Crippen molar-refractivity contribution in [3.05, 3.63) is 28.6 Å². The fourth-order valence-corrected chi connectivity index (χ4v) is 3.49. The van der Waals surface area contributed by atoms with Gasteiger partial charge in [-0.05, 0) is 63.6 Å². The van der Waals surface area contributed by atoms with E-state index in [0.717, 1.165) is 11.6 Å². The van der Waals surface area contributed by atoms with Crippen molar-refractivity contribution in [1.29, 1.82) is 0 Å². The van der Waals surface area contributed by atoms with Gasteiger partial charge in [-0.1, -0.05) is 13.3 Å². The van der Waals surface area contributed by atoms with Crippen LogP contribution in [0.25, 0.3) is 0 Å². The molecule has 0 spiro atoms. The Kier molecular flexibility index (Phi) is 4.06. The van der Waals surface area contributed by atoms with E-state index in [2.05, 4.69) is 51.0 Å². The molecule has 0 bridgehead atoms. The Morgan fingerprint density at radius 1 is 1.28 bits per heavy atom. The van der Waals surface area contributed by atoms with E-state index in [0.29, 0.717) is 12.1 Å². The van der Waals surface area contributed by atoms with Gasteiger partial charge in [-0.2, -0.15) is 0 Å². The third kappa shape index (κ3) is 2.74. The van der Waals surface area contributed by atoms with Crippen molar-refractivity contribution in [2.45, 2.75) is 66.0 Å². The molecule has 2 heteroatoms. The number of pyridine rings is 1. The van der Waals surface area contributed by atoms with Gasteiger partial charge in [-0.25, -0.2) is 0 Å². The van der Waals surface area contributed by atoms with Gasteiger partial charge in [0.25, 0.3) is 0 Å². The van der Waals surface area contributed by atoms with E-state index in [1.165, 1.54) is 36.1 Å². The SMILES string of the molecule is Cc1cc(C)c(C(C)NC2CCCC2C)c(C)n1. The topological polar surface area (TPSA) is 24.9 Å². The fourth-order valence-electron chi connectivity index (χ4n) is 3.49. The van der Waals surface area contributed by atoms with E-state index in [9.17, 15) is 0 Å². The van der Waals surface area contributed by atoms with Crippen LogP contribution in [0.4, 0.5) is 0 Å². The van der Waals surface area contributed by atoms with Crippen LogP contribution < -0.4 is 5.32 Å². The van der Waals surface area contributed by atoms with E-state index < -0.39 is 0 Å². The molecule has 1 N–H and O–H groups in total. The maximum absolute atomic E-state index is 4.61. The van der Waals surface area contributed by atoms with Gasteiger partial charge in [0.05, 0.1) is 0 Å². The maximum atomic E-state index is 4.61. The molecule has 0 amide bonds. The Labute approximate surface area is 111 Å². The number of hydrogen-bond acceptors (Lipinski definition) is 2. The Balaban J connectivity index is 2.16. The van der Waals surface area contributed by atoms with Crippen LogP contribution in [0, 0.1) is 26.7 Å². The second kappa shape index (κ2) is 5.40. The quantitative estimate of drug-likeness (QED) is 0.876. The highest BCUT2D eigenvalue weighted by atomic mass is 15.0. The summed E-state index contributed by atoms with van der Waals surface area (Å²) in [4.78, 5) is 4.61. The zero-order valence-electron chi connectivity index (χ0n) is 12.4. The van der Waals surface area contributed by atoms with Gasteiger partial charge >= 0.3 is 0 Å². The van der Waals surface area contributed by atoms with Gasteiger partial charge in [0.1, 0.15) is 0 Å². The number of nitrogens with one attached hydrogen (secondary N) is 1. The number of hydrogen-bond donors (Lipinski definition) is 1. The molecule has 1 aliphatic carbocycles. The average molecular weight is 246 g/mol. The van der Waals surface area contributed by atoms with Crippen LogP contribution in [-0.2, 0) is 0 Å². The summed E-state index contributed by atoms with van der Waals surface area (Å²) in [5, 5.41) is 3.81. The summed E-state index contributed by atoms with van der Waals surface area (Å²) in [6.45, 7) is 11.0. The molecule has 1 fully saturated rings. The fraction of sp³-hybridized carbons (Fsp3) is 0.688. The summed E-state index contributed by atoms with van der Waals surface area (Å²) in [5.74, 6) is 0.812. The molecule has 0 aromatic carbocycles. The molecule has 100 valence electrons. The Hall–Kier alpha value is -0.890. The van der Waals surface area contributed by atoms with Gasteiger partial charge < -0.3 is 5.32 Å². The number of aryl methyl sites for hydroxylation is 3. The predicted molar refractivity (Wildman–Crippen MR) is 76.8 cm³/mol. The lowest BCUT2D eigenvalue weighted by molar-refractivity contribution is 0.386. The number of aromatic nitrogens is 1. The molecular weight excluding hydrogens is 220 g/mol. The lowest BCUT2D eigenvalue weighted by Gasteiger charge is -2.25. The summed E-state index contributed by atoms with van der Waals surface area (Å²) >= 11 is 0. The van der Waals surface area contributed by atoms with Gasteiger partial charge in [0.15, 0.2) is 0 Å². The number of rotatable bonds is 3. The molecule has 1 heterocycles. The predicted octanol–water partition coefficient (Wildman–Crippen LogP) is 3.85. The zero-order valence-corrected chi connectivity index (χ0v) is 12.4. The van der Waals surface area contributed by atoms with E-state index in [1.54, 1.807) is 0 Å². The first-order chi connectivity index (χ1) is 8.49. The van der Waals surface area contributed by atoms with Gasteiger partial charge in [-0.15, -0.1) is 0 Å². The van der Waals surface area contributed by atoms with Crippen molar-refractivity contribution in [3.8, 4) is 0 Å². The first kappa shape index (κ1) is 13.5. The third-order valence-corrected chi connectivity index (χ3v) is 4.34. The minimum absolute atomic E-state index is 0.406. The Bertz CT molecular complexity index is 402. The molecule has 1 aliphatic rings. The molecule has 0 aliphatic heterocycles. The maximum Gasteiger partial charge on any atom is 0.0426 e. The van der Waals surface area contributed by atoms with E-state index >= 15 is 0 Å². The molecule has 1 aromatic rings. The molecule has 2 nitrogen and oxygen atoms in total. The third-order valence-electron chi connectivity index (χ3n) is 4.34. The highest BCUT2D eigenvalue weighted by molar-refractivity contribution is 5.33. The lowest BCUT2D eigenvalue weighted by Crippen LogP contribution is -2.34. The molecule has 0 radical (unpaired) electrons. The summed E-state index contributed by atoms with van der Waals surface area (Å²) in [6.07, 6.45) is 4.06. The molecule has 3 unspecified atom stereocenters. The van der Waals surface area contributed by atoms with Crippen LogP contribution in [0.1, 0.15) is 61.7 Å². The average Bonchev–Trinajstić information content (AvgIpc) is 2.62. The van der Waals surface area contributed by atoms with Crippen LogP contribution in [-0.4, -0.2) is 11.0 Å². The minimum Gasteiger partial charge on any atom is -0.307 e. The van der Waals surface area contributed by atoms with E-state index in [4.69, 9.17) is 0 Å². The van der Waals surface area contributed by atoms with Gasteiger partial charge in [0, 0.05) is 23.5 Å². The molecule has 1 saturated carbocycles. The van der Waals surface area contributed by atoms with Crippen LogP contribution in [0.3, 0.4) is 0 Å². The largest absolute Gasteiger partial charge is 0.307 e. The smallest absolute Gasteiger partial charge is 0.0426 e. The van der Waals surface area contributed by atoms with Crippen molar-refractivity contribution in [3.63, 3.8) is 0 Å². The van der Waals surface area contributed by atoms with Crippen molar-refractivity contribution in [2.24, 2.45) is 5.92 Å². The molecular formula is C16H26N2. The standard InChI is InChI=1S/C16H26N2/c1-10-7-6-8-15(10)18-14(5)16-11(2)9-12(3)17-13(16)4/h9-10,14-15,18H,6-8H2,1-5H3. The monoisotopic (exact) mass is 246 g/mol. The van der Waals surface area contributed by atoms with E-state index in [1.807, 2.05) is 0 Å². The second-order valence-electron chi connectivity index (χ2n) is 5.98. The zero-order chi connectivity index (χ0) is 13.3. The van der Waals surface area contributed by atoms with Crippen molar-refractivity contribution >= 4 is 0 Å². The molecule has 3 atom stereocenters. The second-order valence-corrected chi connectivity index (χ2v) is 5.98. The summed E-state index contributed by atoms with van der Waals surface area (Å²) in [6, 6.07) is 3.28. The van der Waals surface area contributed by atoms with Gasteiger partial charge in [0.2, 0.25) is 0 Å². The summed E-state index contributed by atoms with van der Waals surface area (Å²) < 4.78 is 0. The number of nitrogens with zero attached hydrogens (tertiary/aromatic N) is 1. The van der Waals surface area contributed by atoms with E-state index in [-0.39, 0.29) is 0 Å². The molecule has 18 heavy (non-hydrogen) atoms. The minimum atomic E-state index is 0.406. The molecule has 1 aromatic heterocycles. The Morgan fingerprint density at radius 3 is 2.56 bits per heavy atom. The van der Waals surface area contributed by atoms with Crippen LogP contribution in [0.2, 0.25) is 0 Å². The van der Waals surface area contributed by atoms with Crippen LogP contribution in [0.15, 0.2) is 6.07 Å². The first-order valence-electron chi connectivity index (χ1n) is 7.20. The molecule has 2 rings (SSSR count). The van der Waals surface area contributed by atoms with Crippen molar-refractivity contribution in [2.75, 3.05) is 0 Å². The normalized spacial score (nSPS) is 25.4. The van der Waals surface area contributed by atoms with Crippen LogP contribution >= 0.6 is 0 Å². The summed E-state index contributed by atoms with van der Waals surface area (Å²) in [7, 11) is 0. The van der Waals surface area contributed by atoms with Gasteiger partial charge in [-0.3, -0.25) is 4.98 Å².